The van der Waals surface area contributed by atoms with Gasteiger partial charge in [-0.15, -0.1) is 0 Å². The molecule has 7 nitrogen and oxygen atoms in total. The molecule has 33 heavy (non-hydrogen) atoms. The van der Waals surface area contributed by atoms with Crippen molar-refractivity contribution < 1.29 is 14.3 Å². The molecule has 2 aromatic carbocycles. The van der Waals surface area contributed by atoms with Gasteiger partial charge >= 0.3 is 0 Å². The maximum Gasteiger partial charge on any atom is 0.271 e. The Balaban J connectivity index is 1.75. The third kappa shape index (κ3) is 4.62. The van der Waals surface area contributed by atoms with Gasteiger partial charge in [-0.25, -0.2) is 4.68 Å². The summed E-state index contributed by atoms with van der Waals surface area (Å²) in [7, 11) is 3.11. The zero-order valence-electron chi connectivity index (χ0n) is 19.3. The van der Waals surface area contributed by atoms with Crippen LogP contribution >= 0.6 is 0 Å². The molecule has 1 atom stereocenters. The first-order chi connectivity index (χ1) is 16.0. The van der Waals surface area contributed by atoms with Gasteiger partial charge in [0.2, 0.25) is 5.91 Å². The zero-order valence-corrected chi connectivity index (χ0v) is 19.3. The lowest BCUT2D eigenvalue weighted by Crippen LogP contribution is -2.38. The first kappa shape index (κ1) is 22.6. The van der Waals surface area contributed by atoms with Crippen LogP contribution in [0.25, 0.3) is 11.3 Å². The summed E-state index contributed by atoms with van der Waals surface area (Å²) >= 11 is 0. The summed E-state index contributed by atoms with van der Waals surface area (Å²) in [6.07, 6.45) is 3.96. The van der Waals surface area contributed by atoms with E-state index in [0.29, 0.717) is 30.0 Å². The summed E-state index contributed by atoms with van der Waals surface area (Å²) in [6.45, 7) is 1.88. The molecule has 1 amide bonds. The molecule has 1 aliphatic carbocycles. The summed E-state index contributed by atoms with van der Waals surface area (Å²) in [4.78, 5) is 26.8. The van der Waals surface area contributed by atoms with Crippen molar-refractivity contribution in [3.63, 3.8) is 0 Å². The third-order valence-corrected chi connectivity index (χ3v) is 6.08. The normalized spacial score (nSPS) is 13.7. The molecular weight excluding hydrogens is 418 g/mol. The molecule has 0 saturated heterocycles. The lowest BCUT2D eigenvalue weighted by molar-refractivity contribution is -0.119. The summed E-state index contributed by atoms with van der Waals surface area (Å²) in [5.74, 6) is 0.818. The summed E-state index contributed by atoms with van der Waals surface area (Å²) in [5.41, 5.74) is 3.90. The van der Waals surface area contributed by atoms with Crippen LogP contribution in [0.5, 0.6) is 11.5 Å². The predicted molar refractivity (Wildman–Crippen MR) is 128 cm³/mol. The Bertz CT molecular complexity index is 1180. The number of hydrogen-bond acceptors (Lipinski definition) is 5. The van der Waals surface area contributed by atoms with Crippen LogP contribution < -0.4 is 20.3 Å². The maximum absolute atomic E-state index is 13.4. The number of amides is 1. The number of fused-ring (bicyclic) bond motifs is 1. The standard InChI is InChI=1S/C26H29N3O4/c1-4-23(25(30)27-18-14-19(32-2)16-20(15-18)33-3)29-26(31)22-13-9-8-12-21(22)24(28-29)17-10-6-5-7-11-17/h5-7,10-11,14-16,23H,4,8-9,12-13H2,1-3H3,(H,27,30)/t23-/m1/s1. The second-order valence-electron chi connectivity index (χ2n) is 8.14. The van der Waals surface area contributed by atoms with Crippen LogP contribution in [0.3, 0.4) is 0 Å². The van der Waals surface area contributed by atoms with E-state index in [1.54, 1.807) is 32.4 Å². The second kappa shape index (κ2) is 9.90. The van der Waals surface area contributed by atoms with E-state index >= 15 is 0 Å². The van der Waals surface area contributed by atoms with Gasteiger partial charge in [-0.1, -0.05) is 37.3 Å². The predicted octanol–water partition coefficient (Wildman–Crippen LogP) is 4.40. The van der Waals surface area contributed by atoms with Crippen molar-refractivity contribution >= 4 is 11.6 Å². The third-order valence-electron chi connectivity index (χ3n) is 6.08. The molecule has 0 unspecified atom stereocenters. The van der Waals surface area contributed by atoms with Crippen LogP contribution in [-0.2, 0) is 17.6 Å². The smallest absolute Gasteiger partial charge is 0.271 e. The molecule has 1 heterocycles. The molecular formula is C26H29N3O4. The number of ether oxygens (including phenoxy) is 2. The average Bonchev–Trinajstić information content (AvgIpc) is 2.86. The van der Waals surface area contributed by atoms with E-state index in [9.17, 15) is 9.59 Å². The number of benzene rings is 2. The van der Waals surface area contributed by atoms with Crippen molar-refractivity contribution in [1.29, 1.82) is 0 Å². The number of carbonyl (C=O) groups is 1. The molecule has 0 bridgehead atoms. The summed E-state index contributed by atoms with van der Waals surface area (Å²) < 4.78 is 12.0. The molecule has 1 aliphatic rings. The lowest BCUT2D eigenvalue weighted by Gasteiger charge is -2.24. The number of nitrogens with one attached hydrogen (secondary N) is 1. The Morgan fingerprint density at radius 3 is 2.27 bits per heavy atom. The zero-order chi connectivity index (χ0) is 23.4. The molecule has 0 spiro atoms. The van der Waals surface area contributed by atoms with Crippen LogP contribution in [-0.4, -0.2) is 29.9 Å². The minimum absolute atomic E-state index is 0.172. The number of rotatable bonds is 7. The van der Waals surface area contributed by atoms with E-state index in [2.05, 4.69) is 5.32 Å². The van der Waals surface area contributed by atoms with Gasteiger partial charge in [0.1, 0.15) is 17.5 Å². The highest BCUT2D eigenvalue weighted by molar-refractivity contribution is 5.94. The first-order valence-corrected chi connectivity index (χ1v) is 11.3. The van der Waals surface area contributed by atoms with Gasteiger partial charge in [0, 0.05) is 35.0 Å². The number of methoxy groups -OCH3 is 2. The van der Waals surface area contributed by atoms with Gasteiger partial charge in [0.15, 0.2) is 0 Å². The van der Waals surface area contributed by atoms with Crippen molar-refractivity contribution in [2.45, 2.75) is 45.1 Å². The summed E-state index contributed by atoms with van der Waals surface area (Å²) in [5, 5.41) is 7.66. The van der Waals surface area contributed by atoms with E-state index in [0.717, 1.165) is 41.6 Å². The average molecular weight is 448 g/mol. The molecule has 1 aromatic heterocycles. The van der Waals surface area contributed by atoms with E-state index in [1.165, 1.54) is 4.68 Å². The van der Waals surface area contributed by atoms with Gasteiger partial charge in [-0.05, 0) is 37.7 Å². The fourth-order valence-corrected chi connectivity index (χ4v) is 4.37. The van der Waals surface area contributed by atoms with Gasteiger partial charge < -0.3 is 14.8 Å². The van der Waals surface area contributed by atoms with Crippen LogP contribution in [0.4, 0.5) is 5.69 Å². The number of nitrogens with zero attached hydrogens (tertiary/aromatic N) is 2. The minimum atomic E-state index is -0.746. The molecule has 7 heteroatoms. The molecule has 0 radical (unpaired) electrons. The number of aromatic nitrogens is 2. The largest absolute Gasteiger partial charge is 0.497 e. The SMILES string of the molecule is CC[C@H](C(=O)Nc1cc(OC)cc(OC)c1)n1nc(-c2ccccc2)c2c(c1=O)CCCC2. The quantitative estimate of drug-likeness (QED) is 0.581. The molecule has 0 aliphatic heterocycles. The van der Waals surface area contributed by atoms with Crippen LogP contribution in [0.1, 0.15) is 43.4 Å². The van der Waals surface area contributed by atoms with Crippen LogP contribution in [0, 0.1) is 0 Å². The highest BCUT2D eigenvalue weighted by Gasteiger charge is 2.27. The Morgan fingerprint density at radius 1 is 1.03 bits per heavy atom. The highest BCUT2D eigenvalue weighted by Crippen LogP contribution is 2.30. The Kier molecular flexibility index (Phi) is 6.77. The topological polar surface area (TPSA) is 82.4 Å². The Labute approximate surface area is 193 Å². The Hall–Kier alpha value is -3.61. The van der Waals surface area contributed by atoms with Crippen molar-refractivity contribution in [2.75, 3.05) is 19.5 Å². The molecule has 0 saturated carbocycles. The number of carbonyl (C=O) groups excluding carboxylic acids is 1. The molecule has 1 N–H and O–H groups in total. The van der Waals surface area contributed by atoms with Crippen LogP contribution in [0.15, 0.2) is 53.3 Å². The maximum atomic E-state index is 13.4. The molecule has 4 rings (SSSR count). The van der Waals surface area contributed by atoms with E-state index in [-0.39, 0.29) is 11.5 Å². The van der Waals surface area contributed by atoms with E-state index in [1.807, 2.05) is 37.3 Å². The minimum Gasteiger partial charge on any atom is -0.497 e. The monoisotopic (exact) mass is 447 g/mol. The number of hydrogen-bond donors (Lipinski definition) is 1. The van der Waals surface area contributed by atoms with Gasteiger partial charge in [-0.3, -0.25) is 9.59 Å². The molecule has 3 aromatic rings. The van der Waals surface area contributed by atoms with Crippen molar-refractivity contribution in [3.05, 3.63) is 70.0 Å². The second-order valence-corrected chi connectivity index (χ2v) is 8.14. The Morgan fingerprint density at radius 2 is 1.67 bits per heavy atom. The molecule has 0 fully saturated rings. The van der Waals surface area contributed by atoms with Gasteiger partial charge in [0.25, 0.3) is 5.56 Å². The fraction of sp³-hybridized carbons (Fsp3) is 0.346. The van der Waals surface area contributed by atoms with Gasteiger partial charge in [0.05, 0.1) is 19.9 Å². The van der Waals surface area contributed by atoms with Crippen molar-refractivity contribution in [3.8, 4) is 22.8 Å². The van der Waals surface area contributed by atoms with E-state index < -0.39 is 6.04 Å². The van der Waals surface area contributed by atoms with Crippen molar-refractivity contribution in [1.82, 2.24) is 9.78 Å². The lowest BCUT2D eigenvalue weighted by atomic mass is 9.89. The van der Waals surface area contributed by atoms with Crippen LogP contribution in [0.2, 0.25) is 0 Å². The first-order valence-electron chi connectivity index (χ1n) is 11.3. The fourth-order valence-electron chi connectivity index (χ4n) is 4.37. The molecule has 172 valence electrons. The van der Waals surface area contributed by atoms with E-state index in [4.69, 9.17) is 14.6 Å². The highest BCUT2D eigenvalue weighted by atomic mass is 16.5. The summed E-state index contributed by atoms with van der Waals surface area (Å²) in [6, 6.07) is 14.3. The van der Waals surface area contributed by atoms with Crippen molar-refractivity contribution in [2.24, 2.45) is 0 Å². The number of anilines is 1. The van der Waals surface area contributed by atoms with Gasteiger partial charge in [-0.2, -0.15) is 5.10 Å².